The lowest BCUT2D eigenvalue weighted by Crippen LogP contribution is -2.41. The summed E-state index contributed by atoms with van der Waals surface area (Å²) >= 11 is 0. The summed E-state index contributed by atoms with van der Waals surface area (Å²) < 4.78 is 10.1. The molecule has 0 heterocycles. The van der Waals surface area contributed by atoms with Crippen molar-refractivity contribution in [1.82, 2.24) is 5.32 Å². The predicted molar refractivity (Wildman–Crippen MR) is 61.6 cm³/mol. The average Bonchev–Trinajstić information content (AvgIpc) is 2.20. The highest BCUT2D eigenvalue weighted by Crippen LogP contribution is 1.98. The Kier molecular flexibility index (Phi) is 9.18. The molecule has 0 aliphatic heterocycles. The van der Waals surface area contributed by atoms with Crippen LogP contribution in [-0.4, -0.2) is 50.6 Å². The summed E-state index contributed by atoms with van der Waals surface area (Å²) in [4.78, 5) is 10.7. The van der Waals surface area contributed by atoms with E-state index in [-0.39, 0.29) is 6.61 Å². The second kappa shape index (κ2) is 9.57. The predicted octanol–water partition coefficient (Wildman–Crippen LogP) is 0.738. The van der Waals surface area contributed by atoms with E-state index in [4.69, 9.17) is 14.6 Å². The van der Waals surface area contributed by atoms with Crippen LogP contribution >= 0.6 is 0 Å². The largest absolute Gasteiger partial charge is 0.480 e. The van der Waals surface area contributed by atoms with E-state index in [1.165, 1.54) is 7.11 Å². The first-order valence-electron chi connectivity index (χ1n) is 5.60. The van der Waals surface area contributed by atoms with Gasteiger partial charge in [-0.25, -0.2) is 0 Å². The molecular formula is C11H23NO4. The quantitative estimate of drug-likeness (QED) is 0.545. The van der Waals surface area contributed by atoms with E-state index in [2.05, 4.69) is 19.2 Å². The first-order valence-corrected chi connectivity index (χ1v) is 5.60. The molecule has 0 aromatic heterocycles. The summed E-state index contributed by atoms with van der Waals surface area (Å²) in [6, 6.07) is -0.654. The van der Waals surface area contributed by atoms with E-state index in [0.717, 1.165) is 13.0 Å². The van der Waals surface area contributed by atoms with Crippen molar-refractivity contribution in [2.45, 2.75) is 26.3 Å². The van der Waals surface area contributed by atoms with Gasteiger partial charge < -0.3 is 19.9 Å². The molecule has 16 heavy (non-hydrogen) atoms. The molecule has 0 spiro atoms. The summed E-state index contributed by atoms with van der Waals surface area (Å²) in [6.07, 6.45) is 1.03. The van der Waals surface area contributed by atoms with Crippen molar-refractivity contribution >= 4 is 5.97 Å². The third kappa shape index (κ3) is 8.64. The first-order chi connectivity index (χ1) is 7.57. The minimum atomic E-state index is -0.899. The standard InChI is InChI=1S/C11H23NO4/c1-9(2)4-6-16-7-5-12-10(8-15-3)11(13)14/h9-10,12H,4-8H2,1-3H3,(H,13,14). The number of aliphatic carboxylic acids is 1. The molecule has 0 saturated heterocycles. The van der Waals surface area contributed by atoms with Gasteiger partial charge in [0.05, 0.1) is 13.2 Å². The number of ether oxygens (including phenoxy) is 2. The van der Waals surface area contributed by atoms with Gasteiger partial charge in [0, 0.05) is 20.3 Å². The summed E-state index contributed by atoms with van der Waals surface area (Å²) in [6.45, 7) is 6.22. The molecule has 96 valence electrons. The number of hydrogen-bond donors (Lipinski definition) is 2. The average molecular weight is 233 g/mol. The van der Waals surface area contributed by atoms with Crippen LogP contribution in [-0.2, 0) is 14.3 Å². The number of carboxylic acid groups (broad SMARTS) is 1. The Bertz CT molecular complexity index is 185. The van der Waals surface area contributed by atoms with E-state index in [1.807, 2.05) is 0 Å². The van der Waals surface area contributed by atoms with Gasteiger partial charge in [-0.15, -0.1) is 0 Å². The van der Waals surface area contributed by atoms with Crippen LogP contribution in [0.1, 0.15) is 20.3 Å². The smallest absolute Gasteiger partial charge is 0.323 e. The Morgan fingerprint density at radius 1 is 1.38 bits per heavy atom. The van der Waals surface area contributed by atoms with Crippen LogP contribution in [0.2, 0.25) is 0 Å². The molecule has 0 aliphatic rings. The van der Waals surface area contributed by atoms with Crippen molar-refractivity contribution in [2.75, 3.05) is 33.5 Å². The molecular weight excluding hydrogens is 210 g/mol. The number of carbonyl (C=O) groups is 1. The van der Waals surface area contributed by atoms with Gasteiger partial charge in [0.15, 0.2) is 0 Å². The Morgan fingerprint density at radius 3 is 2.56 bits per heavy atom. The van der Waals surface area contributed by atoms with Gasteiger partial charge in [-0.2, -0.15) is 0 Å². The monoisotopic (exact) mass is 233 g/mol. The van der Waals surface area contributed by atoms with Crippen LogP contribution in [0.25, 0.3) is 0 Å². The second-order valence-electron chi connectivity index (χ2n) is 4.10. The van der Waals surface area contributed by atoms with Crippen molar-refractivity contribution in [3.63, 3.8) is 0 Å². The Morgan fingerprint density at radius 2 is 2.06 bits per heavy atom. The van der Waals surface area contributed by atoms with Gasteiger partial charge in [0.25, 0.3) is 0 Å². The molecule has 0 rings (SSSR count). The molecule has 0 aliphatic carbocycles. The summed E-state index contributed by atoms with van der Waals surface area (Å²) in [7, 11) is 1.48. The molecule has 0 saturated carbocycles. The van der Waals surface area contributed by atoms with E-state index in [0.29, 0.717) is 19.1 Å². The fraction of sp³-hybridized carbons (Fsp3) is 0.909. The van der Waals surface area contributed by atoms with E-state index in [1.54, 1.807) is 0 Å². The zero-order chi connectivity index (χ0) is 12.4. The van der Waals surface area contributed by atoms with Crippen LogP contribution in [0, 0.1) is 5.92 Å². The number of carboxylic acids is 1. The maximum atomic E-state index is 10.7. The molecule has 0 bridgehead atoms. The molecule has 0 aromatic rings. The second-order valence-corrected chi connectivity index (χ2v) is 4.10. The lowest BCUT2D eigenvalue weighted by Gasteiger charge is -2.13. The van der Waals surface area contributed by atoms with Crippen LogP contribution in [0.4, 0.5) is 0 Å². The maximum Gasteiger partial charge on any atom is 0.323 e. The van der Waals surface area contributed by atoms with Gasteiger partial charge in [-0.1, -0.05) is 13.8 Å². The third-order valence-electron chi connectivity index (χ3n) is 2.11. The van der Waals surface area contributed by atoms with E-state index < -0.39 is 12.0 Å². The van der Waals surface area contributed by atoms with Crippen LogP contribution in [0.3, 0.4) is 0 Å². The molecule has 0 aromatic carbocycles. The van der Waals surface area contributed by atoms with Crippen molar-refractivity contribution in [3.8, 4) is 0 Å². The summed E-state index contributed by atoms with van der Waals surface area (Å²) in [5.74, 6) is -0.266. The minimum Gasteiger partial charge on any atom is -0.480 e. The minimum absolute atomic E-state index is 0.168. The highest BCUT2D eigenvalue weighted by atomic mass is 16.5. The van der Waals surface area contributed by atoms with Gasteiger partial charge in [0.2, 0.25) is 0 Å². The SMILES string of the molecule is COCC(NCCOCCC(C)C)C(=O)O. The number of nitrogens with one attached hydrogen (secondary N) is 1. The topological polar surface area (TPSA) is 67.8 Å². The zero-order valence-electron chi connectivity index (χ0n) is 10.4. The molecule has 5 heteroatoms. The Labute approximate surface area is 97.1 Å². The highest BCUT2D eigenvalue weighted by molar-refractivity contribution is 5.73. The van der Waals surface area contributed by atoms with E-state index in [9.17, 15) is 4.79 Å². The Balaban J connectivity index is 3.44. The lowest BCUT2D eigenvalue weighted by molar-refractivity contribution is -0.140. The molecule has 1 atom stereocenters. The van der Waals surface area contributed by atoms with Gasteiger partial charge >= 0.3 is 5.97 Å². The fourth-order valence-corrected chi connectivity index (χ4v) is 1.11. The molecule has 2 N–H and O–H groups in total. The summed E-state index contributed by atoms with van der Waals surface area (Å²) in [5.41, 5.74) is 0. The van der Waals surface area contributed by atoms with Gasteiger partial charge in [-0.3, -0.25) is 4.79 Å². The van der Waals surface area contributed by atoms with Crippen LogP contribution in [0.15, 0.2) is 0 Å². The summed E-state index contributed by atoms with van der Waals surface area (Å²) in [5, 5.41) is 11.7. The number of methoxy groups -OCH3 is 1. The fourth-order valence-electron chi connectivity index (χ4n) is 1.11. The molecule has 0 amide bonds. The molecule has 5 nitrogen and oxygen atoms in total. The maximum absolute atomic E-state index is 10.7. The van der Waals surface area contributed by atoms with E-state index >= 15 is 0 Å². The van der Waals surface area contributed by atoms with Crippen LogP contribution < -0.4 is 5.32 Å². The van der Waals surface area contributed by atoms with Crippen molar-refractivity contribution in [3.05, 3.63) is 0 Å². The first kappa shape index (κ1) is 15.3. The lowest BCUT2D eigenvalue weighted by atomic mass is 10.1. The molecule has 1 unspecified atom stereocenters. The zero-order valence-corrected chi connectivity index (χ0v) is 10.4. The van der Waals surface area contributed by atoms with Crippen LogP contribution in [0.5, 0.6) is 0 Å². The van der Waals surface area contributed by atoms with Crippen molar-refractivity contribution < 1.29 is 19.4 Å². The van der Waals surface area contributed by atoms with Crippen molar-refractivity contribution in [2.24, 2.45) is 5.92 Å². The Hall–Kier alpha value is -0.650. The highest BCUT2D eigenvalue weighted by Gasteiger charge is 2.15. The van der Waals surface area contributed by atoms with Gasteiger partial charge in [0.1, 0.15) is 6.04 Å². The van der Waals surface area contributed by atoms with Crippen molar-refractivity contribution in [1.29, 1.82) is 0 Å². The third-order valence-corrected chi connectivity index (χ3v) is 2.11. The van der Waals surface area contributed by atoms with Gasteiger partial charge in [-0.05, 0) is 12.3 Å². The molecule has 0 radical (unpaired) electrons. The number of rotatable bonds is 10. The number of hydrogen-bond acceptors (Lipinski definition) is 4. The molecule has 0 fully saturated rings. The normalized spacial score (nSPS) is 13.0.